The first-order valence-electron chi connectivity index (χ1n) is 8.69. The Morgan fingerprint density at radius 2 is 2.00 bits per heavy atom. The number of carbonyl (C=O) groups is 1. The van der Waals surface area contributed by atoms with Crippen molar-refractivity contribution in [3.8, 4) is 5.69 Å². The van der Waals surface area contributed by atoms with Crippen molar-refractivity contribution in [1.82, 2.24) is 29.8 Å². The van der Waals surface area contributed by atoms with E-state index >= 15 is 0 Å². The molecule has 136 valence electrons. The number of hydrogen-bond donors (Lipinski definition) is 1. The molecule has 3 heterocycles. The Morgan fingerprint density at radius 1 is 1.23 bits per heavy atom. The summed E-state index contributed by atoms with van der Waals surface area (Å²) in [5, 5.41) is 13.2. The van der Waals surface area contributed by atoms with Crippen LogP contribution in [0.2, 0.25) is 5.02 Å². The largest absolute Gasteiger partial charge is 0.341 e. The molecule has 1 fully saturated rings. The number of rotatable bonds is 2. The molecule has 2 aromatic heterocycles. The topological polar surface area (TPSA) is 68.0 Å². The number of hydrogen-bond acceptors (Lipinski definition) is 3. The van der Waals surface area contributed by atoms with Crippen LogP contribution < -0.4 is 5.32 Å². The van der Waals surface area contributed by atoms with Crippen LogP contribution in [0.5, 0.6) is 0 Å². The van der Waals surface area contributed by atoms with Gasteiger partial charge in [0.15, 0.2) is 0 Å². The van der Waals surface area contributed by atoms with Gasteiger partial charge >= 0.3 is 6.03 Å². The summed E-state index contributed by atoms with van der Waals surface area (Å²) in [6.07, 6.45) is 7.36. The molecule has 1 aliphatic heterocycles. The number of piperidine rings is 1. The first-order valence-corrected chi connectivity index (χ1v) is 9.07. The summed E-state index contributed by atoms with van der Waals surface area (Å²) < 4.78 is 3.65. The molecule has 1 saturated heterocycles. The average Bonchev–Trinajstić information content (AvgIpc) is 3.26. The second-order valence-corrected chi connectivity index (χ2v) is 7.08. The van der Waals surface area contributed by atoms with Gasteiger partial charge in [-0.15, -0.1) is 0 Å². The Labute approximate surface area is 156 Å². The number of halogens is 1. The van der Waals surface area contributed by atoms with E-state index in [1.807, 2.05) is 35.1 Å². The first kappa shape index (κ1) is 16.9. The lowest BCUT2D eigenvalue weighted by Gasteiger charge is -2.32. The molecule has 3 aromatic rings. The molecule has 0 radical (unpaired) electrons. The maximum atomic E-state index is 11.8. The van der Waals surface area contributed by atoms with E-state index in [0.717, 1.165) is 53.1 Å². The lowest BCUT2D eigenvalue weighted by atomic mass is 9.89. The lowest BCUT2D eigenvalue weighted by Crippen LogP contribution is -2.42. The fourth-order valence-electron chi connectivity index (χ4n) is 3.65. The summed E-state index contributed by atoms with van der Waals surface area (Å²) in [5.41, 5.74) is 3.07. The van der Waals surface area contributed by atoms with Crippen LogP contribution in [-0.2, 0) is 7.05 Å². The minimum absolute atomic E-state index is 0.0142. The Kier molecular flexibility index (Phi) is 4.32. The summed E-state index contributed by atoms with van der Waals surface area (Å²) in [4.78, 5) is 13.6. The van der Waals surface area contributed by atoms with E-state index < -0.39 is 0 Å². The maximum Gasteiger partial charge on any atom is 0.317 e. The molecule has 0 unspecified atom stereocenters. The van der Waals surface area contributed by atoms with Gasteiger partial charge in [0, 0.05) is 37.6 Å². The molecule has 26 heavy (non-hydrogen) atoms. The number of aromatic nitrogens is 4. The van der Waals surface area contributed by atoms with E-state index in [1.165, 1.54) is 0 Å². The SMILES string of the molecule is CNC(=O)N1CCC(c2cc3c(cnn3-c3cnn(C)c3)cc2Cl)CC1. The highest BCUT2D eigenvalue weighted by Crippen LogP contribution is 2.36. The fourth-order valence-corrected chi connectivity index (χ4v) is 3.98. The van der Waals surface area contributed by atoms with Gasteiger partial charge < -0.3 is 10.2 Å². The third-order valence-electron chi connectivity index (χ3n) is 5.06. The van der Waals surface area contributed by atoms with Crippen molar-refractivity contribution >= 4 is 28.5 Å². The summed E-state index contributed by atoms with van der Waals surface area (Å²) in [6, 6.07) is 4.11. The molecule has 8 heteroatoms. The molecule has 0 aliphatic carbocycles. The van der Waals surface area contributed by atoms with Crippen LogP contribution in [0.3, 0.4) is 0 Å². The molecular formula is C18H21ClN6O. The third kappa shape index (κ3) is 2.92. The van der Waals surface area contributed by atoms with Crippen LogP contribution in [0.1, 0.15) is 24.3 Å². The van der Waals surface area contributed by atoms with Crippen LogP contribution in [0.25, 0.3) is 16.6 Å². The zero-order chi connectivity index (χ0) is 18.3. The van der Waals surface area contributed by atoms with Crippen molar-refractivity contribution in [3.63, 3.8) is 0 Å². The summed E-state index contributed by atoms with van der Waals surface area (Å²) in [6.45, 7) is 1.47. The summed E-state index contributed by atoms with van der Waals surface area (Å²) >= 11 is 6.58. The van der Waals surface area contributed by atoms with Gasteiger partial charge in [0.2, 0.25) is 0 Å². The number of nitrogens with zero attached hydrogens (tertiary/aromatic N) is 5. The summed E-state index contributed by atoms with van der Waals surface area (Å²) in [7, 11) is 3.55. The van der Waals surface area contributed by atoms with Crippen LogP contribution in [0.4, 0.5) is 4.79 Å². The molecule has 0 bridgehead atoms. The molecule has 1 aliphatic rings. The van der Waals surface area contributed by atoms with Crippen LogP contribution in [-0.4, -0.2) is 50.6 Å². The van der Waals surface area contributed by atoms with Crippen molar-refractivity contribution in [2.24, 2.45) is 7.05 Å². The normalized spacial score (nSPS) is 15.6. The third-order valence-corrected chi connectivity index (χ3v) is 5.39. The number of amides is 2. The van der Waals surface area contributed by atoms with E-state index in [2.05, 4.69) is 21.6 Å². The second-order valence-electron chi connectivity index (χ2n) is 6.68. The predicted octanol–water partition coefficient (Wildman–Crippen LogP) is 2.93. The molecule has 1 N–H and O–H groups in total. The van der Waals surface area contributed by atoms with E-state index in [-0.39, 0.29) is 6.03 Å². The van der Waals surface area contributed by atoms with Crippen molar-refractivity contribution in [2.75, 3.05) is 20.1 Å². The summed E-state index contributed by atoms with van der Waals surface area (Å²) in [5.74, 6) is 0.338. The van der Waals surface area contributed by atoms with Gasteiger partial charge in [0.25, 0.3) is 0 Å². The zero-order valence-corrected chi connectivity index (χ0v) is 15.6. The quantitative estimate of drug-likeness (QED) is 0.752. The van der Waals surface area contributed by atoms with Gasteiger partial charge in [0.1, 0.15) is 5.69 Å². The van der Waals surface area contributed by atoms with Crippen LogP contribution in [0, 0.1) is 0 Å². The number of urea groups is 1. The molecule has 0 saturated carbocycles. The van der Waals surface area contributed by atoms with E-state index in [0.29, 0.717) is 5.92 Å². The minimum atomic E-state index is -0.0142. The molecule has 2 amide bonds. The standard InChI is InChI=1S/C18H21ClN6O/c1-20-18(26)24-5-3-12(4-6-24)15-8-17-13(7-16(15)19)9-22-25(17)14-10-21-23(2)11-14/h7-12H,3-6H2,1-2H3,(H,20,26). The van der Waals surface area contributed by atoms with Crippen molar-refractivity contribution in [2.45, 2.75) is 18.8 Å². The molecule has 0 spiro atoms. The Bertz CT molecular complexity index is 954. The Morgan fingerprint density at radius 3 is 2.65 bits per heavy atom. The van der Waals surface area contributed by atoms with Gasteiger partial charge in [-0.3, -0.25) is 4.68 Å². The average molecular weight is 373 g/mol. The molecule has 0 atom stereocenters. The molecule has 1 aromatic carbocycles. The molecule has 4 rings (SSSR count). The highest BCUT2D eigenvalue weighted by atomic mass is 35.5. The minimum Gasteiger partial charge on any atom is -0.341 e. The molecular weight excluding hydrogens is 352 g/mol. The molecule has 7 nitrogen and oxygen atoms in total. The number of aryl methyl sites for hydroxylation is 1. The number of fused-ring (bicyclic) bond motifs is 1. The highest BCUT2D eigenvalue weighted by Gasteiger charge is 2.25. The smallest absolute Gasteiger partial charge is 0.317 e. The van der Waals surface area contributed by atoms with Crippen molar-refractivity contribution < 1.29 is 4.79 Å². The van der Waals surface area contributed by atoms with Gasteiger partial charge in [-0.1, -0.05) is 11.6 Å². The predicted molar refractivity (Wildman–Crippen MR) is 101 cm³/mol. The maximum absolute atomic E-state index is 11.8. The second kappa shape index (κ2) is 6.64. The number of likely N-dealkylation sites (tertiary alicyclic amines) is 1. The lowest BCUT2D eigenvalue weighted by molar-refractivity contribution is 0.183. The van der Waals surface area contributed by atoms with E-state index in [9.17, 15) is 4.79 Å². The van der Waals surface area contributed by atoms with Gasteiger partial charge in [-0.25, -0.2) is 9.48 Å². The van der Waals surface area contributed by atoms with Crippen molar-refractivity contribution in [3.05, 3.63) is 41.3 Å². The number of carbonyl (C=O) groups excluding carboxylic acids is 1. The first-order chi connectivity index (χ1) is 12.6. The number of benzene rings is 1. The van der Waals surface area contributed by atoms with E-state index in [1.54, 1.807) is 17.9 Å². The Hall–Kier alpha value is -2.54. The Balaban J connectivity index is 1.66. The van der Waals surface area contributed by atoms with Gasteiger partial charge in [-0.2, -0.15) is 10.2 Å². The zero-order valence-electron chi connectivity index (χ0n) is 14.8. The van der Waals surface area contributed by atoms with Crippen LogP contribution >= 0.6 is 11.6 Å². The van der Waals surface area contributed by atoms with Crippen LogP contribution in [0.15, 0.2) is 30.7 Å². The van der Waals surface area contributed by atoms with Gasteiger partial charge in [-0.05, 0) is 36.5 Å². The fraction of sp³-hybridized carbons (Fsp3) is 0.389. The highest BCUT2D eigenvalue weighted by molar-refractivity contribution is 6.32. The van der Waals surface area contributed by atoms with Gasteiger partial charge in [0.05, 0.1) is 24.1 Å². The number of nitrogens with one attached hydrogen (secondary N) is 1. The monoisotopic (exact) mass is 372 g/mol. The van der Waals surface area contributed by atoms with E-state index in [4.69, 9.17) is 11.6 Å². The van der Waals surface area contributed by atoms with Crippen molar-refractivity contribution in [1.29, 1.82) is 0 Å².